The van der Waals surface area contributed by atoms with Crippen LogP contribution < -0.4 is 4.90 Å². The Morgan fingerprint density at radius 2 is 0.867 bits per heavy atom. The summed E-state index contributed by atoms with van der Waals surface area (Å²) in [6.45, 7) is 0. The van der Waals surface area contributed by atoms with Crippen LogP contribution in [0.1, 0.15) is 0 Å². The third kappa shape index (κ3) is 3.46. The van der Waals surface area contributed by atoms with Gasteiger partial charge in [-0.1, -0.05) is 115 Å². The number of para-hydroxylation sites is 3. The smallest absolute Gasteiger partial charge is 0.159 e. The van der Waals surface area contributed by atoms with E-state index in [0.717, 1.165) is 66.3 Å². The molecule has 0 amide bonds. The Morgan fingerprint density at radius 3 is 1.76 bits per heavy atom. The van der Waals surface area contributed by atoms with Crippen molar-refractivity contribution in [3.8, 4) is 0 Å². The van der Waals surface area contributed by atoms with Crippen molar-refractivity contribution in [1.82, 2.24) is 0 Å². The van der Waals surface area contributed by atoms with E-state index < -0.39 is 0 Å². The van der Waals surface area contributed by atoms with Crippen molar-refractivity contribution in [2.75, 3.05) is 4.90 Å². The maximum atomic E-state index is 6.65. The lowest BCUT2D eigenvalue weighted by molar-refractivity contribution is 0.668. The van der Waals surface area contributed by atoms with E-state index in [1.165, 1.54) is 26.9 Å². The van der Waals surface area contributed by atoms with Crippen LogP contribution in [0.2, 0.25) is 0 Å². The van der Waals surface area contributed by atoms with Gasteiger partial charge in [-0.3, -0.25) is 0 Å². The minimum absolute atomic E-state index is 0.854. The number of hydrogen-bond donors (Lipinski definition) is 0. The van der Waals surface area contributed by atoms with Crippen LogP contribution in [0.4, 0.5) is 17.1 Å². The van der Waals surface area contributed by atoms with Gasteiger partial charge in [0.2, 0.25) is 0 Å². The molecular weight excluding hydrogens is 550 g/mol. The summed E-state index contributed by atoms with van der Waals surface area (Å²) in [7, 11) is 0. The summed E-state index contributed by atoms with van der Waals surface area (Å²) in [5.41, 5.74) is 6.55. The molecule has 0 bridgehead atoms. The Morgan fingerprint density at radius 1 is 0.311 bits per heavy atom. The lowest BCUT2D eigenvalue weighted by Crippen LogP contribution is -2.11. The molecule has 10 aromatic rings. The van der Waals surface area contributed by atoms with Crippen molar-refractivity contribution in [1.29, 1.82) is 0 Å². The number of furan rings is 2. The largest absolute Gasteiger partial charge is 0.456 e. The molecule has 0 radical (unpaired) electrons. The van der Waals surface area contributed by atoms with E-state index in [9.17, 15) is 0 Å². The molecule has 3 nitrogen and oxygen atoms in total. The fourth-order valence-corrected chi connectivity index (χ4v) is 7.27. The maximum absolute atomic E-state index is 6.65. The van der Waals surface area contributed by atoms with Crippen molar-refractivity contribution in [2.45, 2.75) is 0 Å². The van der Waals surface area contributed by atoms with Gasteiger partial charge in [-0.15, -0.1) is 0 Å². The fraction of sp³-hybridized carbons (Fsp3) is 0. The van der Waals surface area contributed by atoms with E-state index in [4.69, 9.17) is 8.83 Å². The van der Waals surface area contributed by atoms with E-state index in [1.54, 1.807) is 0 Å². The molecule has 0 atom stereocenters. The standard InChI is InChI=1S/C42H25NO2/c1-2-11-27-26(10-1)22-23-30-28-14-7-16-35(31(28)25-24-29(27)30)43(36-17-9-21-40-41(36)34-13-4-6-20-39(34)44-40)37-18-8-15-33-32-12-3-5-19-38(32)45-42(33)37/h1-25H. The molecule has 2 heterocycles. The maximum Gasteiger partial charge on any atom is 0.159 e. The van der Waals surface area contributed by atoms with Crippen molar-refractivity contribution < 1.29 is 8.83 Å². The van der Waals surface area contributed by atoms with Gasteiger partial charge in [-0.2, -0.15) is 0 Å². The van der Waals surface area contributed by atoms with Gasteiger partial charge in [-0.05, 0) is 63.3 Å². The van der Waals surface area contributed by atoms with Gasteiger partial charge in [0, 0.05) is 21.5 Å². The molecule has 0 N–H and O–H groups in total. The Kier molecular flexibility index (Phi) is 5.00. The minimum atomic E-state index is 0.854. The predicted octanol–water partition coefficient (Wildman–Crippen LogP) is 12.4. The number of rotatable bonds is 3. The van der Waals surface area contributed by atoms with Gasteiger partial charge in [0.15, 0.2) is 5.58 Å². The highest BCUT2D eigenvalue weighted by molar-refractivity contribution is 6.22. The average molecular weight is 576 g/mol. The quantitative estimate of drug-likeness (QED) is 0.196. The average Bonchev–Trinajstić information content (AvgIpc) is 3.68. The third-order valence-electron chi connectivity index (χ3n) is 9.25. The monoisotopic (exact) mass is 575 g/mol. The Bertz CT molecular complexity index is 2780. The number of hydrogen-bond acceptors (Lipinski definition) is 3. The summed E-state index contributed by atoms with van der Waals surface area (Å²) in [6, 6.07) is 53.6. The van der Waals surface area contributed by atoms with Gasteiger partial charge in [-0.25, -0.2) is 0 Å². The Balaban J connectivity index is 1.35. The summed E-state index contributed by atoms with van der Waals surface area (Å²) in [6.07, 6.45) is 0. The highest BCUT2D eigenvalue weighted by Gasteiger charge is 2.24. The molecule has 0 aliphatic rings. The molecule has 0 fully saturated rings. The molecular formula is C42H25NO2. The number of anilines is 3. The highest BCUT2D eigenvalue weighted by atomic mass is 16.3. The van der Waals surface area contributed by atoms with E-state index in [0.29, 0.717) is 0 Å². The predicted molar refractivity (Wildman–Crippen MR) is 188 cm³/mol. The highest BCUT2D eigenvalue weighted by Crippen LogP contribution is 2.48. The first-order chi connectivity index (χ1) is 22.3. The third-order valence-corrected chi connectivity index (χ3v) is 9.25. The van der Waals surface area contributed by atoms with Crippen molar-refractivity contribution in [3.05, 3.63) is 152 Å². The lowest BCUT2D eigenvalue weighted by atomic mass is 9.95. The molecule has 0 aliphatic carbocycles. The second-order valence-electron chi connectivity index (χ2n) is 11.7. The minimum Gasteiger partial charge on any atom is -0.456 e. The van der Waals surface area contributed by atoms with Crippen LogP contribution in [0.25, 0.3) is 76.2 Å². The van der Waals surface area contributed by atoms with E-state index >= 15 is 0 Å². The molecule has 0 spiro atoms. The Labute approximate surface area is 258 Å². The van der Waals surface area contributed by atoms with Crippen LogP contribution in [0.15, 0.2) is 160 Å². The first-order valence-corrected chi connectivity index (χ1v) is 15.3. The van der Waals surface area contributed by atoms with Crippen LogP contribution in [0.3, 0.4) is 0 Å². The summed E-state index contributed by atoms with van der Waals surface area (Å²) in [5.74, 6) is 0. The summed E-state index contributed by atoms with van der Waals surface area (Å²) in [5, 5.41) is 11.7. The van der Waals surface area contributed by atoms with Gasteiger partial charge < -0.3 is 13.7 Å². The molecule has 2 aromatic heterocycles. The van der Waals surface area contributed by atoms with Crippen molar-refractivity contribution in [2.24, 2.45) is 0 Å². The SMILES string of the molecule is c1ccc2c(c1)ccc1c3cccc(N(c4cccc5c4oc4ccccc45)c4cccc5oc6ccccc6c45)c3ccc21. The molecule has 3 heteroatoms. The van der Waals surface area contributed by atoms with Gasteiger partial charge in [0.25, 0.3) is 0 Å². The van der Waals surface area contributed by atoms with Crippen molar-refractivity contribution >= 4 is 93.3 Å². The summed E-state index contributed by atoms with van der Waals surface area (Å²) in [4.78, 5) is 2.37. The van der Waals surface area contributed by atoms with E-state index in [1.807, 2.05) is 24.3 Å². The van der Waals surface area contributed by atoms with Crippen LogP contribution in [-0.4, -0.2) is 0 Å². The molecule has 0 unspecified atom stereocenters. The Hall–Kier alpha value is -6.06. The molecule has 0 saturated carbocycles. The lowest BCUT2D eigenvalue weighted by Gasteiger charge is -2.28. The van der Waals surface area contributed by atoms with Crippen LogP contribution in [0.5, 0.6) is 0 Å². The number of nitrogens with zero attached hydrogens (tertiary/aromatic N) is 1. The first-order valence-electron chi connectivity index (χ1n) is 15.3. The topological polar surface area (TPSA) is 29.5 Å². The molecule has 0 saturated heterocycles. The summed E-state index contributed by atoms with van der Waals surface area (Å²) >= 11 is 0. The van der Waals surface area contributed by atoms with Gasteiger partial charge in [0.1, 0.15) is 16.7 Å². The zero-order chi connectivity index (χ0) is 29.5. The zero-order valence-corrected chi connectivity index (χ0v) is 24.2. The van der Waals surface area contributed by atoms with E-state index in [2.05, 4.69) is 132 Å². The van der Waals surface area contributed by atoms with Crippen LogP contribution in [0, 0.1) is 0 Å². The normalized spacial score (nSPS) is 12.0. The van der Waals surface area contributed by atoms with Gasteiger partial charge >= 0.3 is 0 Å². The first kappa shape index (κ1) is 24.4. The van der Waals surface area contributed by atoms with E-state index in [-0.39, 0.29) is 0 Å². The molecule has 45 heavy (non-hydrogen) atoms. The number of benzene rings is 8. The molecule has 210 valence electrons. The fourth-order valence-electron chi connectivity index (χ4n) is 7.27. The van der Waals surface area contributed by atoms with Crippen molar-refractivity contribution in [3.63, 3.8) is 0 Å². The van der Waals surface area contributed by atoms with Crippen LogP contribution in [-0.2, 0) is 0 Å². The van der Waals surface area contributed by atoms with Crippen LogP contribution >= 0.6 is 0 Å². The second kappa shape index (κ2) is 9.22. The molecule has 0 aliphatic heterocycles. The zero-order valence-electron chi connectivity index (χ0n) is 24.2. The second-order valence-corrected chi connectivity index (χ2v) is 11.7. The molecule has 8 aromatic carbocycles. The molecule has 10 rings (SSSR count). The number of fused-ring (bicyclic) bond motifs is 11. The van der Waals surface area contributed by atoms with Gasteiger partial charge in [0.05, 0.1) is 22.4 Å². The summed E-state index contributed by atoms with van der Waals surface area (Å²) < 4.78 is 13.0.